The maximum absolute atomic E-state index is 12.6. The van der Waals surface area contributed by atoms with E-state index in [1.54, 1.807) is 6.08 Å². The van der Waals surface area contributed by atoms with Gasteiger partial charge in [-0.15, -0.1) is 0 Å². The number of hydrogen-bond acceptors (Lipinski definition) is 4. The van der Waals surface area contributed by atoms with Crippen LogP contribution >= 0.6 is 11.6 Å². The number of hydrogen-bond donors (Lipinski definition) is 2. The number of carbonyl (C=O) groups excluding carboxylic acids is 2. The summed E-state index contributed by atoms with van der Waals surface area (Å²) < 4.78 is 0. The minimum Gasteiger partial charge on any atom is -0.507 e. The molecule has 0 bridgehead atoms. The van der Waals surface area contributed by atoms with Crippen LogP contribution in [0.5, 0.6) is 11.5 Å². The number of phenols is 2. The largest absolute Gasteiger partial charge is 0.507 e. The van der Waals surface area contributed by atoms with Crippen LogP contribution in [-0.4, -0.2) is 22.3 Å². The lowest BCUT2D eigenvalue weighted by molar-refractivity contribution is -0.132. The van der Waals surface area contributed by atoms with Gasteiger partial charge in [-0.2, -0.15) is 0 Å². The van der Waals surface area contributed by atoms with Crippen molar-refractivity contribution in [2.24, 2.45) is 17.3 Å². The summed E-state index contributed by atoms with van der Waals surface area (Å²) in [4.78, 5) is 24.0. The van der Waals surface area contributed by atoms with Crippen molar-refractivity contribution in [3.63, 3.8) is 0 Å². The normalized spacial score (nSPS) is 27.3. The predicted octanol–water partition coefficient (Wildman–Crippen LogP) is 5.42. The van der Waals surface area contributed by atoms with E-state index in [0.717, 1.165) is 12.0 Å². The minimum atomic E-state index is -0.584. The van der Waals surface area contributed by atoms with E-state index in [1.807, 2.05) is 26.8 Å². The lowest BCUT2D eigenvalue weighted by Crippen LogP contribution is -2.45. The van der Waals surface area contributed by atoms with Gasteiger partial charge in [0, 0.05) is 23.8 Å². The highest BCUT2D eigenvalue weighted by molar-refractivity contribution is 6.32. The van der Waals surface area contributed by atoms with Crippen molar-refractivity contribution in [3.8, 4) is 11.5 Å². The first kappa shape index (κ1) is 21.2. The van der Waals surface area contributed by atoms with Crippen molar-refractivity contribution < 1.29 is 19.8 Å². The molecule has 0 heterocycles. The van der Waals surface area contributed by atoms with E-state index in [-0.39, 0.29) is 45.3 Å². The first-order chi connectivity index (χ1) is 12.6. The molecule has 1 fully saturated rings. The zero-order valence-electron chi connectivity index (χ0n) is 16.3. The Hall–Kier alpha value is -2.07. The van der Waals surface area contributed by atoms with Gasteiger partial charge in [0.1, 0.15) is 17.3 Å². The molecule has 1 aromatic rings. The van der Waals surface area contributed by atoms with Gasteiger partial charge in [0.25, 0.3) is 0 Å². The Balaban J connectivity index is 2.86. The first-order valence-corrected chi connectivity index (χ1v) is 9.50. The Labute approximate surface area is 165 Å². The first-order valence-electron chi connectivity index (χ1n) is 9.12. The average Bonchev–Trinajstić information content (AvgIpc) is 2.65. The van der Waals surface area contributed by atoms with Crippen LogP contribution in [0.3, 0.4) is 0 Å². The van der Waals surface area contributed by atoms with Crippen LogP contribution in [-0.2, 0) is 4.79 Å². The fourth-order valence-electron chi connectivity index (χ4n) is 4.19. The monoisotopic (exact) mass is 390 g/mol. The summed E-state index contributed by atoms with van der Waals surface area (Å²) in [7, 11) is 0. The summed E-state index contributed by atoms with van der Waals surface area (Å²) in [6.45, 7) is 11.6. The fraction of sp³-hybridized carbons (Fsp3) is 0.455. The van der Waals surface area contributed by atoms with Crippen LogP contribution in [0.1, 0.15) is 62.4 Å². The van der Waals surface area contributed by atoms with Gasteiger partial charge < -0.3 is 10.2 Å². The third-order valence-corrected chi connectivity index (χ3v) is 6.74. The zero-order chi connectivity index (χ0) is 20.5. The van der Waals surface area contributed by atoms with E-state index in [2.05, 4.69) is 13.5 Å². The molecule has 2 rings (SSSR count). The van der Waals surface area contributed by atoms with Crippen molar-refractivity contribution in [2.45, 2.75) is 46.5 Å². The average molecular weight is 391 g/mol. The second-order valence-corrected chi connectivity index (χ2v) is 8.17. The second-order valence-electron chi connectivity index (χ2n) is 7.76. The maximum Gasteiger partial charge on any atom is 0.153 e. The van der Waals surface area contributed by atoms with Crippen LogP contribution < -0.4 is 0 Å². The molecule has 1 aliphatic carbocycles. The summed E-state index contributed by atoms with van der Waals surface area (Å²) in [5, 5.41) is 21.4. The number of aromatic hydroxyl groups is 2. The molecule has 1 aromatic carbocycles. The summed E-state index contributed by atoms with van der Waals surface area (Å²) >= 11 is 6.14. The van der Waals surface area contributed by atoms with E-state index in [1.165, 1.54) is 6.07 Å². The van der Waals surface area contributed by atoms with Gasteiger partial charge in [-0.1, -0.05) is 56.7 Å². The lowest BCUT2D eigenvalue weighted by atomic mass is 9.54. The van der Waals surface area contributed by atoms with E-state index in [0.29, 0.717) is 12.7 Å². The molecule has 1 unspecified atom stereocenters. The number of aldehydes is 1. The molecule has 4 atom stereocenters. The Morgan fingerprint density at radius 3 is 2.56 bits per heavy atom. The Morgan fingerprint density at radius 1 is 1.37 bits per heavy atom. The summed E-state index contributed by atoms with van der Waals surface area (Å²) in [5.74, 6) is -1.09. The molecule has 0 radical (unpaired) electrons. The summed E-state index contributed by atoms with van der Waals surface area (Å²) in [6, 6.07) is 1.24. The van der Waals surface area contributed by atoms with Crippen molar-refractivity contribution >= 4 is 23.7 Å². The van der Waals surface area contributed by atoms with Gasteiger partial charge in [-0.3, -0.25) is 9.59 Å². The molecule has 0 spiro atoms. The van der Waals surface area contributed by atoms with Gasteiger partial charge in [0.2, 0.25) is 0 Å². The third-order valence-electron chi connectivity index (χ3n) is 6.45. The predicted molar refractivity (Wildman–Crippen MR) is 108 cm³/mol. The molecule has 1 saturated carbocycles. The molecule has 0 aliphatic heterocycles. The molecule has 4 nitrogen and oxygen atoms in total. The van der Waals surface area contributed by atoms with Crippen molar-refractivity contribution in [3.05, 3.63) is 46.5 Å². The maximum atomic E-state index is 12.6. The molecule has 27 heavy (non-hydrogen) atoms. The van der Waals surface area contributed by atoms with Gasteiger partial charge in [-0.25, -0.2) is 0 Å². The molecule has 0 amide bonds. The van der Waals surface area contributed by atoms with Crippen molar-refractivity contribution in [1.29, 1.82) is 0 Å². The van der Waals surface area contributed by atoms with E-state index in [4.69, 9.17) is 11.6 Å². The highest BCUT2D eigenvalue weighted by Gasteiger charge is 2.50. The van der Waals surface area contributed by atoms with Crippen molar-refractivity contribution in [2.75, 3.05) is 0 Å². The Kier molecular flexibility index (Phi) is 6.21. The van der Waals surface area contributed by atoms with E-state index >= 15 is 0 Å². The standard InChI is InChI=1S/C22H27ClO4/c1-6-12(2)9-16(22(5)13(3)7-8-18(25)14(22)4)19-20(26)15(11-24)10-17(23)21(19)27/h6,9-11,13-14,16,26-27H,1,7-8H2,2-5H3/t13-,14+,16-,22?/m0/s1. The van der Waals surface area contributed by atoms with Crippen LogP contribution in [0.2, 0.25) is 5.02 Å². The second kappa shape index (κ2) is 7.89. The molecule has 146 valence electrons. The number of halogens is 1. The van der Waals surface area contributed by atoms with Gasteiger partial charge in [0.15, 0.2) is 6.29 Å². The van der Waals surface area contributed by atoms with Crippen LogP contribution in [0.15, 0.2) is 30.4 Å². The quantitative estimate of drug-likeness (QED) is 0.519. The highest BCUT2D eigenvalue weighted by atomic mass is 35.5. The van der Waals surface area contributed by atoms with Gasteiger partial charge >= 0.3 is 0 Å². The highest BCUT2D eigenvalue weighted by Crippen LogP contribution is 2.57. The zero-order valence-corrected chi connectivity index (χ0v) is 17.0. The number of ketones is 1. The number of allylic oxidation sites excluding steroid dienone is 3. The van der Waals surface area contributed by atoms with E-state index < -0.39 is 11.3 Å². The van der Waals surface area contributed by atoms with Gasteiger partial charge in [0.05, 0.1) is 10.6 Å². The number of phenolic OH excluding ortho intramolecular Hbond substituents is 2. The molecular weight excluding hydrogens is 364 g/mol. The molecule has 0 saturated heterocycles. The summed E-state index contributed by atoms with van der Waals surface area (Å²) in [5.41, 5.74) is 0.444. The number of rotatable bonds is 5. The smallest absolute Gasteiger partial charge is 0.153 e. The molecule has 1 aliphatic rings. The SMILES string of the molecule is C=CC(C)=C[C@@H](c1c(O)c(Cl)cc(C=O)c1O)C1(C)[C@H](C)C(=O)CC[C@@H]1C. The fourth-order valence-corrected chi connectivity index (χ4v) is 4.41. The van der Waals surface area contributed by atoms with Gasteiger partial charge in [-0.05, 0) is 30.7 Å². The molecular formula is C22H27ClO4. The topological polar surface area (TPSA) is 74.6 Å². The lowest BCUT2D eigenvalue weighted by Gasteiger charge is -2.49. The minimum absolute atomic E-state index is 0.00787. The van der Waals surface area contributed by atoms with E-state index in [9.17, 15) is 19.8 Å². The molecule has 2 N–H and O–H groups in total. The van der Waals surface area contributed by atoms with Crippen LogP contribution in [0.25, 0.3) is 0 Å². The molecule has 5 heteroatoms. The number of Topliss-reactive ketones (excluding diaryl/α,β-unsaturated/α-hetero) is 1. The number of benzene rings is 1. The van der Waals surface area contributed by atoms with Crippen LogP contribution in [0.4, 0.5) is 0 Å². The number of carbonyl (C=O) groups is 2. The van der Waals surface area contributed by atoms with Crippen LogP contribution in [0, 0.1) is 17.3 Å². The molecule has 0 aromatic heterocycles. The Morgan fingerprint density at radius 2 is 2.00 bits per heavy atom. The van der Waals surface area contributed by atoms with Crippen molar-refractivity contribution in [1.82, 2.24) is 0 Å². The Bertz CT molecular complexity index is 811. The summed E-state index contributed by atoms with van der Waals surface area (Å²) in [6.07, 6.45) is 5.31. The third kappa shape index (κ3) is 3.55.